The highest BCUT2D eigenvalue weighted by atomic mass is 19.1. The molecule has 112 valence electrons. The Balaban J connectivity index is 2.03. The van der Waals surface area contributed by atoms with Crippen LogP contribution in [0, 0.1) is 11.6 Å². The summed E-state index contributed by atoms with van der Waals surface area (Å²) >= 11 is 0. The van der Waals surface area contributed by atoms with Crippen molar-refractivity contribution in [2.24, 2.45) is 0 Å². The maximum absolute atomic E-state index is 13.2. The molecule has 3 unspecified atom stereocenters. The van der Waals surface area contributed by atoms with Gasteiger partial charge in [-0.25, -0.2) is 8.78 Å². The first kappa shape index (κ1) is 15.6. The van der Waals surface area contributed by atoms with E-state index in [-0.39, 0.29) is 23.7 Å². The van der Waals surface area contributed by atoms with Gasteiger partial charge in [0.25, 0.3) is 0 Å². The fourth-order valence-electron chi connectivity index (χ4n) is 2.31. The summed E-state index contributed by atoms with van der Waals surface area (Å²) in [6, 6.07) is 11.8. The van der Waals surface area contributed by atoms with E-state index in [4.69, 9.17) is 0 Å². The molecule has 0 saturated heterocycles. The van der Waals surface area contributed by atoms with Crippen LogP contribution in [0.15, 0.2) is 48.5 Å². The quantitative estimate of drug-likeness (QED) is 0.879. The average molecular weight is 291 g/mol. The highest BCUT2D eigenvalue weighted by Crippen LogP contribution is 2.21. The maximum Gasteiger partial charge on any atom is 0.123 e. The summed E-state index contributed by atoms with van der Waals surface area (Å²) in [4.78, 5) is 0. The Morgan fingerprint density at radius 3 is 2.19 bits per heavy atom. The van der Waals surface area contributed by atoms with Crippen LogP contribution in [0.2, 0.25) is 0 Å². The van der Waals surface area contributed by atoms with Crippen molar-refractivity contribution in [3.05, 3.63) is 71.3 Å². The van der Waals surface area contributed by atoms with Gasteiger partial charge in [-0.05, 0) is 49.2 Å². The highest BCUT2D eigenvalue weighted by Gasteiger charge is 2.19. The van der Waals surface area contributed by atoms with Gasteiger partial charge in [-0.1, -0.05) is 24.3 Å². The smallest absolute Gasteiger partial charge is 0.123 e. The molecule has 0 aliphatic rings. The molecule has 2 rings (SSSR count). The molecule has 0 bridgehead atoms. The SMILES string of the molecule is CC(NC(C)C(O)c1ccc(F)cc1)c1cccc(F)c1. The van der Waals surface area contributed by atoms with Crippen molar-refractivity contribution < 1.29 is 13.9 Å². The van der Waals surface area contributed by atoms with E-state index >= 15 is 0 Å². The standard InChI is InChI=1S/C17H19F2NO/c1-11(14-4-3-5-16(19)10-14)20-12(2)17(21)13-6-8-15(18)9-7-13/h3-12,17,20-21H,1-2H3. The summed E-state index contributed by atoms with van der Waals surface area (Å²) in [6.45, 7) is 3.74. The molecule has 2 aromatic carbocycles. The topological polar surface area (TPSA) is 32.3 Å². The number of aliphatic hydroxyl groups is 1. The number of rotatable bonds is 5. The Labute approximate surface area is 123 Å². The van der Waals surface area contributed by atoms with E-state index in [9.17, 15) is 13.9 Å². The van der Waals surface area contributed by atoms with Gasteiger partial charge in [0.15, 0.2) is 0 Å². The molecule has 0 fully saturated rings. The van der Waals surface area contributed by atoms with Gasteiger partial charge in [-0.2, -0.15) is 0 Å². The summed E-state index contributed by atoms with van der Waals surface area (Å²) in [5.41, 5.74) is 1.45. The van der Waals surface area contributed by atoms with E-state index < -0.39 is 6.10 Å². The van der Waals surface area contributed by atoms with Gasteiger partial charge in [0.2, 0.25) is 0 Å². The zero-order chi connectivity index (χ0) is 15.4. The molecule has 3 atom stereocenters. The second-order valence-electron chi connectivity index (χ2n) is 5.23. The molecule has 2 N–H and O–H groups in total. The largest absolute Gasteiger partial charge is 0.387 e. The lowest BCUT2D eigenvalue weighted by Gasteiger charge is -2.25. The monoisotopic (exact) mass is 291 g/mol. The zero-order valence-corrected chi connectivity index (χ0v) is 12.1. The van der Waals surface area contributed by atoms with E-state index in [1.54, 1.807) is 18.2 Å². The molecule has 0 aromatic heterocycles. The zero-order valence-electron chi connectivity index (χ0n) is 12.1. The van der Waals surface area contributed by atoms with Crippen LogP contribution in [0.25, 0.3) is 0 Å². The molecule has 0 aliphatic heterocycles. The number of benzene rings is 2. The van der Waals surface area contributed by atoms with E-state index in [0.29, 0.717) is 5.56 Å². The minimum absolute atomic E-state index is 0.106. The third kappa shape index (κ3) is 4.09. The van der Waals surface area contributed by atoms with Crippen LogP contribution < -0.4 is 5.32 Å². The molecule has 0 amide bonds. The molecule has 0 saturated carbocycles. The summed E-state index contributed by atoms with van der Waals surface area (Å²) < 4.78 is 26.1. The van der Waals surface area contributed by atoms with Crippen molar-refractivity contribution in [1.29, 1.82) is 0 Å². The van der Waals surface area contributed by atoms with Crippen LogP contribution in [0.3, 0.4) is 0 Å². The Bertz CT molecular complexity index is 586. The van der Waals surface area contributed by atoms with Crippen molar-refractivity contribution >= 4 is 0 Å². The molecule has 0 aliphatic carbocycles. The normalized spacial score (nSPS) is 15.5. The van der Waals surface area contributed by atoms with E-state index in [1.165, 1.54) is 24.3 Å². The van der Waals surface area contributed by atoms with E-state index in [0.717, 1.165) is 5.56 Å². The average Bonchev–Trinajstić information content (AvgIpc) is 2.47. The third-order valence-electron chi connectivity index (χ3n) is 3.55. The molecular weight excluding hydrogens is 272 g/mol. The van der Waals surface area contributed by atoms with Crippen molar-refractivity contribution in [2.45, 2.75) is 32.0 Å². The molecule has 0 spiro atoms. The molecule has 4 heteroatoms. The summed E-state index contributed by atoms with van der Waals surface area (Å²) in [7, 11) is 0. The summed E-state index contributed by atoms with van der Waals surface area (Å²) in [5, 5.41) is 13.5. The van der Waals surface area contributed by atoms with Gasteiger partial charge in [0.1, 0.15) is 11.6 Å². The van der Waals surface area contributed by atoms with Crippen LogP contribution >= 0.6 is 0 Å². The number of hydrogen-bond donors (Lipinski definition) is 2. The molecular formula is C17H19F2NO. The van der Waals surface area contributed by atoms with Crippen molar-refractivity contribution in [2.75, 3.05) is 0 Å². The van der Waals surface area contributed by atoms with Gasteiger partial charge in [-0.3, -0.25) is 0 Å². The first-order chi connectivity index (χ1) is 9.97. The van der Waals surface area contributed by atoms with Crippen LogP contribution in [0.4, 0.5) is 8.78 Å². The van der Waals surface area contributed by atoms with Gasteiger partial charge in [-0.15, -0.1) is 0 Å². The second kappa shape index (κ2) is 6.78. The molecule has 21 heavy (non-hydrogen) atoms. The summed E-state index contributed by atoms with van der Waals surface area (Å²) in [5.74, 6) is -0.618. The fraction of sp³-hybridized carbons (Fsp3) is 0.294. The van der Waals surface area contributed by atoms with Crippen LogP contribution in [0.1, 0.15) is 37.1 Å². The lowest BCUT2D eigenvalue weighted by molar-refractivity contribution is 0.130. The number of nitrogens with one attached hydrogen (secondary N) is 1. The van der Waals surface area contributed by atoms with E-state index in [1.807, 2.05) is 19.9 Å². The lowest BCUT2D eigenvalue weighted by atomic mass is 10.0. The van der Waals surface area contributed by atoms with Gasteiger partial charge in [0.05, 0.1) is 6.10 Å². The first-order valence-corrected chi connectivity index (χ1v) is 6.92. The Morgan fingerprint density at radius 2 is 1.57 bits per heavy atom. The van der Waals surface area contributed by atoms with Gasteiger partial charge in [0, 0.05) is 12.1 Å². The first-order valence-electron chi connectivity index (χ1n) is 6.92. The predicted molar refractivity (Wildman–Crippen MR) is 78.8 cm³/mol. The Morgan fingerprint density at radius 1 is 0.905 bits per heavy atom. The Kier molecular flexibility index (Phi) is 5.04. The van der Waals surface area contributed by atoms with E-state index in [2.05, 4.69) is 5.32 Å². The summed E-state index contributed by atoms with van der Waals surface area (Å²) in [6.07, 6.45) is -0.762. The van der Waals surface area contributed by atoms with Crippen molar-refractivity contribution in [3.8, 4) is 0 Å². The fourth-order valence-corrected chi connectivity index (χ4v) is 2.31. The van der Waals surface area contributed by atoms with Crippen LogP contribution in [0.5, 0.6) is 0 Å². The van der Waals surface area contributed by atoms with Crippen LogP contribution in [-0.2, 0) is 0 Å². The lowest BCUT2D eigenvalue weighted by Crippen LogP contribution is -2.34. The molecule has 0 radical (unpaired) electrons. The second-order valence-corrected chi connectivity index (χ2v) is 5.23. The predicted octanol–water partition coefficient (Wildman–Crippen LogP) is 3.74. The number of aliphatic hydroxyl groups excluding tert-OH is 1. The van der Waals surface area contributed by atoms with Crippen molar-refractivity contribution in [3.63, 3.8) is 0 Å². The van der Waals surface area contributed by atoms with Gasteiger partial charge >= 0.3 is 0 Å². The molecule has 0 heterocycles. The molecule has 2 aromatic rings. The Hall–Kier alpha value is -1.78. The molecule has 2 nitrogen and oxygen atoms in total. The van der Waals surface area contributed by atoms with Crippen LogP contribution in [-0.4, -0.2) is 11.1 Å². The van der Waals surface area contributed by atoms with Gasteiger partial charge < -0.3 is 10.4 Å². The maximum atomic E-state index is 13.2. The third-order valence-corrected chi connectivity index (χ3v) is 3.55. The number of hydrogen-bond acceptors (Lipinski definition) is 2. The minimum atomic E-state index is -0.762. The number of halogens is 2. The highest BCUT2D eigenvalue weighted by molar-refractivity contribution is 5.22. The van der Waals surface area contributed by atoms with Crippen molar-refractivity contribution in [1.82, 2.24) is 5.32 Å². The minimum Gasteiger partial charge on any atom is -0.387 e.